The van der Waals surface area contributed by atoms with E-state index in [-0.39, 0.29) is 0 Å². The van der Waals surface area contributed by atoms with Gasteiger partial charge in [0, 0.05) is 17.8 Å². The van der Waals surface area contributed by atoms with Crippen molar-refractivity contribution in [2.24, 2.45) is 11.8 Å². The first-order valence-corrected chi connectivity index (χ1v) is 9.37. The topological polar surface area (TPSA) is 12.0 Å². The maximum atomic E-state index is 3.98. The molecule has 2 fully saturated rings. The number of nitrogens with one attached hydrogen (secondary N) is 1. The highest BCUT2D eigenvalue weighted by molar-refractivity contribution is 8.00. The number of fused-ring (bicyclic) bond motifs is 3. The fraction of sp³-hybridized carbons (Fsp3) is 0.667. The van der Waals surface area contributed by atoms with Crippen molar-refractivity contribution in [1.29, 1.82) is 0 Å². The lowest BCUT2D eigenvalue weighted by molar-refractivity contribution is 0.342. The van der Waals surface area contributed by atoms with Crippen LogP contribution in [-0.4, -0.2) is 23.6 Å². The van der Waals surface area contributed by atoms with E-state index in [1.54, 1.807) is 11.1 Å². The monoisotopic (exact) mass is 287 g/mol. The third-order valence-corrected chi connectivity index (χ3v) is 7.01. The largest absolute Gasteiger partial charge is 0.312 e. The number of rotatable bonds is 3. The number of thioether (sulfide) groups is 1. The highest BCUT2D eigenvalue weighted by Crippen LogP contribution is 2.40. The minimum atomic E-state index is 0.781. The van der Waals surface area contributed by atoms with Gasteiger partial charge < -0.3 is 5.32 Å². The van der Waals surface area contributed by atoms with E-state index in [2.05, 4.69) is 41.3 Å². The van der Waals surface area contributed by atoms with E-state index in [9.17, 15) is 0 Å². The van der Waals surface area contributed by atoms with Crippen LogP contribution < -0.4 is 5.32 Å². The predicted molar refractivity (Wildman–Crippen MR) is 87.3 cm³/mol. The second-order valence-electron chi connectivity index (χ2n) is 6.84. The number of benzene rings is 1. The van der Waals surface area contributed by atoms with E-state index in [0.717, 1.165) is 23.1 Å². The molecule has 1 aliphatic heterocycles. The molecule has 0 aromatic heterocycles. The van der Waals surface area contributed by atoms with Gasteiger partial charge in [-0.3, -0.25) is 0 Å². The molecular formula is C18H25NS. The summed E-state index contributed by atoms with van der Waals surface area (Å²) in [6.45, 7) is 1.25. The minimum Gasteiger partial charge on any atom is -0.312 e. The second kappa shape index (κ2) is 5.73. The van der Waals surface area contributed by atoms with Crippen molar-refractivity contribution < 1.29 is 0 Å². The Morgan fingerprint density at radius 3 is 2.30 bits per heavy atom. The van der Waals surface area contributed by atoms with E-state index in [1.165, 1.54) is 50.8 Å². The van der Waals surface area contributed by atoms with E-state index < -0.39 is 0 Å². The summed E-state index contributed by atoms with van der Waals surface area (Å²) in [5.41, 5.74) is 3.25. The van der Waals surface area contributed by atoms with Gasteiger partial charge in [-0.1, -0.05) is 24.3 Å². The van der Waals surface area contributed by atoms with Crippen molar-refractivity contribution in [2.75, 3.05) is 12.3 Å². The molecule has 1 aromatic rings. The van der Waals surface area contributed by atoms with Crippen molar-refractivity contribution in [3.8, 4) is 0 Å². The third kappa shape index (κ3) is 2.53. The molecule has 1 N–H and O–H groups in total. The van der Waals surface area contributed by atoms with Crippen molar-refractivity contribution in [3.05, 3.63) is 35.4 Å². The van der Waals surface area contributed by atoms with Gasteiger partial charge in [-0.05, 0) is 67.2 Å². The molecular weight excluding hydrogens is 262 g/mol. The standard InChI is InChI=1S/C18H25NS/c1-2-5-14-11-16-8-7-15(10-13(14)4-1)18(16)19-12-17-6-3-9-20-17/h1-2,4-5,15-19H,3,6-12H2. The number of hydrogen-bond donors (Lipinski definition) is 1. The zero-order valence-electron chi connectivity index (χ0n) is 12.2. The fourth-order valence-electron chi connectivity index (χ4n) is 4.56. The molecule has 2 heteroatoms. The van der Waals surface area contributed by atoms with Crippen LogP contribution in [0.15, 0.2) is 24.3 Å². The molecule has 0 amide bonds. The molecule has 3 atom stereocenters. The van der Waals surface area contributed by atoms with E-state index in [1.807, 2.05) is 0 Å². The third-order valence-electron chi connectivity index (χ3n) is 5.61. The lowest BCUT2D eigenvalue weighted by atomic mass is 9.94. The summed E-state index contributed by atoms with van der Waals surface area (Å²) >= 11 is 2.18. The average molecular weight is 287 g/mol. The van der Waals surface area contributed by atoms with Crippen LogP contribution in [0.2, 0.25) is 0 Å². The summed E-state index contributed by atoms with van der Waals surface area (Å²) in [5, 5.41) is 4.87. The van der Waals surface area contributed by atoms with Crippen molar-refractivity contribution in [1.82, 2.24) is 5.32 Å². The Morgan fingerprint density at radius 1 is 1.00 bits per heavy atom. The summed E-state index contributed by atoms with van der Waals surface area (Å²) < 4.78 is 0. The summed E-state index contributed by atoms with van der Waals surface area (Å²) in [7, 11) is 0. The van der Waals surface area contributed by atoms with E-state index >= 15 is 0 Å². The van der Waals surface area contributed by atoms with Gasteiger partial charge in [0.05, 0.1) is 0 Å². The Balaban J connectivity index is 1.46. The van der Waals surface area contributed by atoms with Crippen LogP contribution in [0.3, 0.4) is 0 Å². The normalized spacial score (nSPS) is 35.8. The Morgan fingerprint density at radius 2 is 1.70 bits per heavy atom. The molecule has 1 aromatic carbocycles. The molecule has 3 unspecified atom stereocenters. The van der Waals surface area contributed by atoms with Crippen LogP contribution >= 0.6 is 11.8 Å². The Bertz CT molecular complexity index is 433. The first-order valence-electron chi connectivity index (χ1n) is 8.32. The lowest BCUT2D eigenvalue weighted by Gasteiger charge is -2.25. The summed E-state index contributed by atoms with van der Waals surface area (Å²) in [4.78, 5) is 0. The van der Waals surface area contributed by atoms with E-state index in [0.29, 0.717) is 0 Å². The summed E-state index contributed by atoms with van der Waals surface area (Å²) in [6.07, 6.45) is 8.35. The first kappa shape index (κ1) is 13.2. The Kier molecular flexibility index (Phi) is 3.78. The van der Waals surface area contributed by atoms with Gasteiger partial charge in [0.15, 0.2) is 0 Å². The molecule has 1 nitrogen and oxygen atoms in total. The van der Waals surface area contributed by atoms with Crippen LogP contribution in [0.5, 0.6) is 0 Å². The quantitative estimate of drug-likeness (QED) is 0.910. The van der Waals surface area contributed by atoms with Gasteiger partial charge in [0.1, 0.15) is 0 Å². The second-order valence-corrected chi connectivity index (χ2v) is 8.25. The molecule has 3 aliphatic rings. The van der Waals surface area contributed by atoms with Crippen molar-refractivity contribution in [2.45, 2.75) is 49.8 Å². The zero-order valence-corrected chi connectivity index (χ0v) is 13.0. The molecule has 20 heavy (non-hydrogen) atoms. The highest BCUT2D eigenvalue weighted by Gasteiger charge is 2.38. The van der Waals surface area contributed by atoms with Gasteiger partial charge in [-0.25, -0.2) is 0 Å². The Labute approximate surface area is 126 Å². The molecule has 4 rings (SSSR count). The van der Waals surface area contributed by atoms with Crippen molar-refractivity contribution >= 4 is 11.8 Å². The first-order chi connectivity index (χ1) is 9.90. The van der Waals surface area contributed by atoms with Crippen LogP contribution in [-0.2, 0) is 12.8 Å². The average Bonchev–Trinajstić information content (AvgIpc) is 3.04. The predicted octanol–water partition coefficient (Wildman–Crippen LogP) is 3.67. The number of hydrogen-bond acceptors (Lipinski definition) is 2. The van der Waals surface area contributed by atoms with Gasteiger partial charge in [0.25, 0.3) is 0 Å². The molecule has 2 aliphatic carbocycles. The molecule has 108 valence electrons. The Hall–Kier alpha value is -0.470. The maximum absolute atomic E-state index is 3.98. The van der Waals surface area contributed by atoms with Crippen LogP contribution in [0, 0.1) is 11.8 Å². The summed E-state index contributed by atoms with van der Waals surface area (Å²) in [5.74, 6) is 3.15. The minimum absolute atomic E-state index is 0.781. The van der Waals surface area contributed by atoms with Gasteiger partial charge in [-0.2, -0.15) is 11.8 Å². The molecule has 1 saturated heterocycles. The molecule has 0 radical (unpaired) electrons. The van der Waals surface area contributed by atoms with E-state index in [4.69, 9.17) is 0 Å². The molecule has 1 saturated carbocycles. The smallest absolute Gasteiger partial charge is 0.0172 e. The zero-order chi connectivity index (χ0) is 13.4. The lowest BCUT2D eigenvalue weighted by Crippen LogP contribution is -2.41. The van der Waals surface area contributed by atoms with Gasteiger partial charge in [0.2, 0.25) is 0 Å². The molecule has 2 bridgehead atoms. The molecule has 1 heterocycles. The van der Waals surface area contributed by atoms with Crippen LogP contribution in [0.4, 0.5) is 0 Å². The molecule has 0 spiro atoms. The van der Waals surface area contributed by atoms with Crippen molar-refractivity contribution in [3.63, 3.8) is 0 Å². The maximum Gasteiger partial charge on any atom is 0.0172 e. The van der Waals surface area contributed by atoms with Gasteiger partial charge >= 0.3 is 0 Å². The van der Waals surface area contributed by atoms with Gasteiger partial charge in [-0.15, -0.1) is 0 Å². The summed E-state index contributed by atoms with van der Waals surface area (Å²) in [6, 6.07) is 9.94. The highest BCUT2D eigenvalue weighted by atomic mass is 32.2. The van der Waals surface area contributed by atoms with Crippen LogP contribution in [0.25, 0.3) is 0 Å². The SMILES string of the molecule is c1ccc2c(c1)CC1CCC(C2)C1NCC1CCCS1. The van der Waals surface area contributed by atoms with Crippen LogP contribution in [0.1, 0.15) is 36.8 Å². The fourth-order valence-corrected chi connectivity index (χ4v) is 5.77.